The second kappa shape index (κ2) is 8.01. The Morgan fingerprint density at radius 2 is 2.04 bits per heavy atom. The molecule has 144 valence electrons. The Morgan fingerprint density at radius 3 is 2.78 bits per heavy atom. The minimum absolute atomic E-state index is 0.134. The summed E-state index contributed by atoms with van der Waals surface area (Å²) in [6, 6.07) is 8.82. The number of benzene rings is 1. The normalized spacial score (nSPS) is 17.1. The third-order valence-electron chi connectivity index (χ3n) is 3.99. The Morgan fingerprint density at radius 1 is 1.30 bits per heavy atom. The highest BCUT2D eigenvalue weighted by molar-refractivity contribution is 8.00. The molecule has 27 heavy (non-hydrogen) atoms. The number of nitrogens with two attached hydrogens (primary N) is 1. The topological polar surface area (TPSA) is 107 Å². The van der Waals surface area contributed by atoms with Crippen molar-refractivity contribution in [2.75, 3.05) is 18.1 Å². The summed E-state index contributed by atoms with van der Waals surface area (Å²) in [6.07, 6.45) is 0.805. The van der Waals surface area contributed by atoms with Gasteiger partial charge in [0.2, 0.25) is 10.0 Å². The van der Waals surface area contributed by atoms with E-state index in [0.717, 1.165) is 28.3 Å². The Hall–Kier alpha value is -1.88. The van der Waals surface area contributed by atoms with Gasteiger partial charge in [0, 0.05) is 16.7 Å². The number of rotatable bonds is 4. The van der Waals surface area contributed by atoms with Crippen LogP contribution in [0.3, 0.4) is 0 Å². The number of thiophene rings is 1. The summed E-state index contributed by atoms with van der Waals surface area (Å²) in [5.41, 5.74) is 0.786. The Balaban J connectivity index is 1.73. The number of esters is 1. The molecule has 3 rings (SSSR count). The number of anilines is 1. The zero-order valence-corrected chi connectivity index (χ0v) is 16.9. The number of para-hydroxylation sites is 1. The van der Waals surface area contributed by atoms with E-state index in [1.54, 1.807) is 16.7 Å². The standard InChI is InChI=1S/C17H18N2O5S3/c1-11-6-8-19(12-4-2-3-5-13(12)26-11)15(20)10-24-17(21)16-14(7-9-25-16)27(18,22)23/h2-5,7,9,11H,6,8,10H2,1H3,(H2,18,22,23)/t11-/m1/s1. The Kier molecular flexibility index (Phi) is 5.89. The van der Waals surface area contributed by atoms with Crippen LogP contribution >= 0.6 is 23.1 Å². The number of sulfonamides is 1. The molecule has 10 heteroatoms. The number of nitrogens with zero attached hydrogens (tertiary/aromatic N) is 1. The number of thioether (sulfide) groups is 1. The zero-order valence-electron chi connectivity index (χ0n) is 14.5. The SMILES string of the molecule is C[C@@H]1CCN(C(=O)COC(=O)c2sccc2S(N)(=O)=O)c2ccccc2S1. The third-order valence-corrected chi connectivity index (χ3v) is 7.21. The van der Waals surface area contributed by atoms with Crippen LogP contribution in [0.4, 0.5) is 5.69 Å². The molecule has 0 saturated carbocycles. The van der Waals surface area contributed by atoms with E-state index in [-0.39, 0.29) is 15.7 Å². The fourth-order valence-corrected chi connectivity index (χ4v) is 5.66. The van der Waals surface area contributed by atoms with Crippen molar-refractivity contribution in [3.05, 3.63) is 40.6 Å². The van der Waals surface area contributed by atoms with Crippen molar-refractivity contribution in [3.63, 3.8) is 0 Å². The van der Waals surface area contributed by atoms with Crippen molar-refractivity contribution >= 4 is 50.7 Å². The van der Waals surface area contributed by atoms with Crippen LogP contribution in [-0.4, -0.2) is 38.7 Å². The molecule has 7 nitrogen and oxygen atoms in total. The second-order valence-corrected chi connectivity index (χ2v) is 9.89. The van der Waals surface area contributed by atoms with Crippen molar-refractivity contribution in [1.29, 1.82) is 0 Å². The van der Waals surface area contributed by atoms with Crippen LogP contribution in [0, 0.1) is 0 Å². The van der Waals surface area contributed by atoms with E-state index in [9.17, 15) is 18.0 Å². The quantitative estimate of drug-likeness (QED) is 0.753. The van der Waals surface area contributed by atoms with Crippen LogP contribution in [0.5, 0.6) is 0 Å². The maximum absolute atomic E-state index is 12.7. The second-order valence-electron chi connectivity index (χ2n) is 5.97. The molecule has 0 fully saturated rings. The maximum Gasteiger partial charge on any atom is 0.350 e. The summed E-state index contributed by atoms with van der Waals surface area (Å²) in [6.45, 7) is 2.14. The fraction of sp³-hybridized carbons (Fsp3) is 0.294. The summed E-state index contributed by atoms with van der Waals surface area (Å²) in [7, 11) is -4.03. The van der Waals surface area contributed by atoms with Gasteiger partial charge in [0.25, 0.3) is 5.91 Å². The molecule has 2 N–H and O–H groups in total. The predicted molar refractivity (Wildman–Crippen MR) is 105 cm³/mol. The van der Waals surface area contributed by atoms with Crippen LogP contribution in [0.2, 0.25) is 0 Å². The van der Waals surface area contributed by atoms with Gasteiger partial charge in [-0.25, -0.2) is 18.4 Å². The molecule has 0 bridgehead atoms. The van der Waals surface area contributed by atoms with Gasteiger partial charge in [0.15, 0.2) is 6.61 Å². The Labute approximate surface area is 165 Å². The van der Waals surface area contributed by atoms with Crippen LogP contribution in [0.25, 0.3) is 0 Å². The number of ether oxygens (including phenoxy) is 1. The van der Waals surface area contributed by atoms with Crippen molar-refractivity contribution in [2.24, 2.45) is 5.14 Å². The number of amides is 1. The maximum atomic E-state index is 12.7. The van der Waals surface area contributed by atoms with E-state index in [0.29, 0.717) is 11.8 Å². The lowest BCUT2D eigenvalue weighted by Crippen LogP contribution is -2.35. The lowest BCUT2D eigenvalue weighted by atomic mass is 10.2. The van der Waals surface area contributed by atoms with Crippen LogP contribution in [-0.2, 0) is 19.6 Å². The number of hydrogen-bond donors (Lipinski definition) is 1. The Bertz CT molecular complexity index is 970. The number of carbonyl (C=O) groups excluding carboxylic acids is 2. The highest BCUT2D eigenvalue weighted by Gasteiger charge is 2.27. The lowest BCUT2D eigenvalue weighted by molar-refractivity contribution is -0.121. The van der Waals surface area contributed by atoms with Crippen LogP contribution < -0.4 is 10.0 Å². The minimum atomic E-state index is -4.03. The van der Waals surface area contributed by atoms with Gasteiger partial charge in [-0.3, -0.25) is 4.79 Å². The molecule has 1 aromatic heterocycles. The largest absolute Gasteiger partial charge is 0.451 e. The molecule has 0 spiro atoms. The highest BCUT2D eigenvalue weighted by atomic mass is 32.2. The summed E-state index contributed by atoms with van der Waals surface area (Å²) < 4.78 is 28.1. The van der Waals surface area contributed by atoms with Gasteiger partial charge < -0.3 is 9.64 Å². The van der Waals surface area contributed by atoms with Gasteiger partial charge in [-0.1, -0.05) is 19.1 Å². The summed E-state index contributed by atoms with van der Waals surface area (Å²) in [5, 5.41) is 6.88. The van der Waals surface area contributed by atoms with E-state index >= 15 is 0 Å². The zero-order chi connectivity index (χ0) is 19.6. The van der Waals surface area contributed by atoms with Gasteiger partial charge in [0.1, 0.15) is 9.77 Å². The average molecular weight is 427 g/mol. The lowest BCUT2D eigenvalue weighted by Gasteiger charge is -2.22. The van der Waals surface area contributed by atoms with Crippen molar-refractivity contribution in [2.45, 2.75) is 28.4 Å². The smallest absolute Gasteiger partial charge is 0.350 e. The molecule has 2 aromatic rings. The molecule has 1 aromatic carbocycles. The first-order valence-corrected chi connectivity index (χ1v) is 11.4. The van der Waals surface area contributed by atoms with Gasteiger partial charge >= 0.3 is 5.97 Å². The fourth-order valence-electron chi connectivity index (χ4n) is 2.69. The van der Waals surface area contributed by atoms with Crippen LogP contribution in [0.1, 0.15) is 23.0 Å². The predicted octanol–water partition coefficient (Wildman–Crippen LogP) is 2.47. The summed E-state index contributed by atoms with van der Waals surface area (Å²) in [5.74, 6) is -1.24. The molecular weight excluding hydrogens is 408 g/mol. The number of fused-ring (bicyclic) bond motifs is 1. The molecule has 0 saturated heterocycles. The van der Waals surface area contributed by atoms with Gasteiger partial charge in [0.05, 0.1) is 5.69 Å². The van der Waals surface area contributed by atoms with Gasteiger partial charge in [-0.15, -0.1) is 23.1 Å². The van der Waals surface area contributed by atoms with Gasteiger partial charge in [-0.2, -0.15) is 0 Å². The van der Waals surface area contributed by atoms with E-state index < -0.39 is 22.6 Å². The van der Waals surface area contributed by atoms with E-state index in [1.165, 1.54) is 11.4 Å². The molecule has 2 heterocycles. The minimum Gasteiger partial charge on any atom is -0.451 e. The summed E-state index contributed by atoms with van der Waals surface area (Å²) in [4.78, 5) is 27.1. The molecule has 0 aliphatic carbocycles. The number of hydrogen-bond acceptors (Lipinski definition) is 7. The first-order valence-electron chi connectivity index (χ1n) is 8.11. The molecule has 0 unspecified atom stereocenters. The molecule has 1 aliphatic heterocycles. The number of primary sulfonamides is 1. The van der Waals surface area contributed by atoms with Crippen molar-refractivity contribution < 1.29 is 22.7 Å². The third kappa shape index (κ3) is 4.52. The monoisotopic (exact) mass is 426 g/mol. The van der Waals surface area contributed by atoms with Crippen molar-refractivity contribution in [3.8, 4) is 0 Å². The molecule has 1 atom stereocenters. The number of carbonyl (C=O) groups is 2. The summed E-state index contributed by atoms with van der Waals surface area (Å²) >= 11 is 2.60. The molecular formula is C17H18N2O5S3. The highest BCUT2D eigenvalue weighted by Crippen LogP contribution is 2.37. The van der Waals surface area contributed by atoms with E-state index in [4.69, 9.17) is 9.88 Å². The molecule has 0 radical (unpaired) electrons. The molecule has 1 amide bonds. The van der Waals surface area contributed by atoms with Gasteiger partial charge in [-0.05, 0) is 30.0 Å². The first kappa shape index (κ1) is 19.9. The van der Waals surface area contributed by atoms with E-state index in [2.05, 4.69) is 6.92 Å². The van der Waals surface area contributed by atoms with Crippen LogP contribution in [0.15, 0.2) is 45.5 Å². The van der Waals surface area contributed by atoms with Crippen molar-refractivity contribution in [1.82, 2.24) is 0 Å². The first-order chi connectivity index (χ1) is 12.8. The molecule has 1 aliphatic rings. The van der Waals surface area contributed by atoms with E-state index in [1.807, 2.05) is 24.3 Å². The average Bonchev–Trinajstić information content (AvgIpc) is 3.05.